The second-order valence-electron chi connectivity index (χ2n) is 4.01. The highest BCUT2D eigenvalue weighted by atomic mass is 19.2. The molecule has 1 aromatic carbocycles. The molecule has 1 aromatic heterocycles. The van der Waals surface area contributed by atoms with Crippen molar-refractivity contribution in [3.05, 3.63) is 58.9 Å². The molecule has 0 radical (unpaired) electrons. The summed E-state index contributed by atoms with van der Waals surface area (Å²) in [6, 6.07) is 3.03. The Morgan fingerprint density at radius 2 is 1.81 bits per heavy atom. The molecule has 2 aromatic rings. The molecule has 0 saturated heterocycles. The number of aromatic nitrogens is 1. The van der Waals surface area contributed by atoms with Crippen LogP contribution in [0.4, 0.5) is 17.6 Å². The minimum Gasteiger partial charge on any atom is -0.483 e. The Morgan fingerprint density at radius 3 is 2.38 bits per heavy atom. The first-order chi connectivity index (χ1) is 9.91. The van der Waals surface area contributed by atoms with Crippen molar-refractivity contribution in [2.24, 2.45) is 5.73 Å². The van der Waals surface area contributed by atoms with Crippen molar-refractivity contribution in [1.82, 2.24) is 4.98 Å². The lowest BCUT2D eigenvalue weighted by atomic mass is 10.2. The molecule has 1 heterocycles. The first-order valence-electron chi connectivity index (χ1n) is 5.66. The van der Waals surface area contributed by atoms with Crippen LogP contribution >= 0.6 is 0 Å². The Morgan fingerprint density at radius 1 is 1.19 bits per heavy atom. The van der Waals surface area contributed by atoms with Gasteiger partial charge in [0.2, 0.25) is 11.6 Å². The van der Waals surface area contributed by atoms with E-state index in [1.165, 1.54) is 18.3 Å². The molecule has 8 heteroatoms. The summed E-state index contributed by atoms with van der Waals surface area (Å²) in [5.41, 5.74) is 5.58. The number of amidine groups is 1. The molecule has 0 atom stereocenters. The summed E-state index contributed by atoms with van der Waals surface area (Å²) in [6.45, 7) is -0.459. The van der Waals surface area contributed by atoms with Gasteiger partial charge in [0.1, 0.15) is 18.1 Å². The van der Waals surface area contributed by atoms with Crippen LogP contribution in [0.15, 0.2) is 24.4 Å². The topological polar surface area (TPSA) is 72.0 Å². The van der Waals surface area contributed by atoms with Crippen LogP contribution in [0.2, 0.25) is 0 Å². The van der Waals surface area contributed by atoms with Gasteiger partial charge in [-0.2, -0.15) is 8.78 Å². The Balaban J connectivity index is 2.31. The highest BCUT2D eigenvalue weighted by Crippen LogP contribution is 2.27. The van der Waals surface area contributed by atoms with E-state index in [1.54, 1.807) is 0 Å². The number of nitrogens with one attached hydrogen (secondary N) is 1. The number of benzene rings is 1. The molecule has 3 N–H and O–H groups in total. The van der Waals surface area contributed by atoms with Crippen LogP contribution in [0, 0.1) is 28.7 Å². The molecule has 4 nitrogen and oxygen atoms in total. The number of pyridine rings is 1. The van der Waals surface area contributed by atoms with Gasteiger partial charge < -0.3 is 10.5 Å². The summed E-state index contributed by atoms with van der Waals surface area (Å²) in [5, 5.41) is 7.30. The Labute approximate surface area is 116 Å². The van der Waals surface area contributed by atoms with Gasteiger partial charge in [0.05, 0.1) is 0 Å². The highest BCUT2D eigenvalue weighted by molar-refractivity contribution is 5.94. The van der Waals surface area contributed by atoms with Crippen molar-refractivity contribution < 1.29 is 22.3 Å². The second kappa shape index (κ2) is 5.78. The van der Waals surface area contributed by atoms with Crippen LogP contribution in [0.25, 0.3) is 0 Å². The standard InChI is InChI=1S/C13H9F4N3O/c14-7-4-8(15)10(17)12(9(7)16)21-5-6-2-1-3-20-11(6)13(18)19/h1-4H,5H2,(H3,18,19). The van der Waals surface area contributed by atoms with E-state index in [0.717, 1.165) is 0 Å². The molecule has 0 aliphatic heterocycles. The fraction of sp³-hybridized carbons (Fsp3) is 0.0769. The highest BCUT2D eigenvalue weighted by Gasteiger charge is 2.21. The lowest BCUT2D eigenvalue weighted by Gasteiger charge is -2.11. The molecular weight excluding hydrogens is 290 g/mol. The summed E-state index contributed by atoms with van der Waals surface area (Å²) >= 11 is 0. The summed E-state index contributed by atoms with van der Waals surface area (Å²) in [5.74, 6) is -7.96. The molecule has 2 rings (SSSR count). The number of ether oxygens (including phenoxy) is 1. The van der Waals surface area contributed by atoms with Crippen molar-refractivity contribution >= 4 is 5.84 Å². The molecule has 0 amide bonds. The molecule has 0 saturated carbocycles. The van der Waals surface area contributed by atoms with E-state index < -0.39 is 35.6 Å². The minimum atomic E-state index is -1.64. The monoisotopic (exact) mass is 299 g/mol. The first-order valence-corrected chi connectivity index (χ1v) is 5.66. The zero-order chi connectivity index (χ0) is 15.6. The molecule has 0 aliphatic rings. The number of nitrogens with two attached hydrogens (primary N) is 1. The van der Waals surface area contributed by atoms with Gasteiger partial charge in [-0.25, -0.2) is 8.78 Å². The SMILES string of the molecule is N=C(N)c1ncccc1COc1c(F)c(F)cc(F)c1F. The average molecular weight is 299 g/mol. The molecule has 0 spiro atoms. The molecule has 110 valence electrons. The Bertz CT molecular complexity index is 680. The van der Waals surface area contributed by atoms with E-state index in [4.69, 9.17) is 15.9 Å². The van der Waals surface area contributed by atoms with Crippen molar-refractivity contribution in [3.63, 3.8) is 0 Å². The van der Waals surface area contributed by atoms with Crippen molar-refractivity contribution in [2.45, 2.75) is 6.61 Å². The number of nitrogens with zero attached hydrogens (tertiary/aromatic N) is 1. The normalized spacial score (nSPS) is 10.5. The quantitative estimate of drug-likeness (QED) is 0.394. The van der Waals surface area contributed by atoms with Gasteiger partial charge in [-0.05, 0) is 6.07 Å². The van der Waals surface area contributed by atoms with Crippen molar-refractivity contribution in [2.75, 3.05) is 0 Å². The van der Waals surface area contributed by atoms with Gasteiger partial charge in [0.15, 0.2) is 17.4 Å². The van der Waals surface area contributed by atoms with Crippen LogP contribution in [-0.4, -0.2) is 10.8 Å². The number of nitrogen functional groups attached to an aromatic ring is 1. The molecule has 0 fully saturated rings. The summed E-state index contributed by atoms with van der Waals surface area (Å²) in [6.07, 6.45) is 1.36. The number of halogens is 4. The van der Waals surface area contributed by atoms with Crippen LogP contribution in [0.5, 0.6) is 5.75 Å². The van der Waals surface area contributed by atoms with Gasteiger partial charge >= 0.3 is 0 Å². The van der Waals surface area contributed by atoms with Gasteiger partial charge in [-0.3, -0.25) is 10.4 Å². The van der Waals surface area contributed by atoms with E-state index >= 15 is 0 Å². The molecule has 0 bridgehead atoms. The minimum absolute atomic E-state index is 0.0511. The summed E-state index contributed by atoms with van der Waals surface area (Å²) in [7, 11) is 0. The molecular formula is C13H9F4N3O. The summed E-state index contributed by atoms with van der Waals surface area (Å²) in [4.78, 5) is 3.81. The number of rotatable bonds is 4. The predicted molar refractivity (Wildman–Crippen MR) is 65.9 cm³/mol. The Kier molecular flexibility index (Phi) is 4.06. The predicted octanol–water partition coefficient (Wildman–Crippen LogP) is 2.50. The lowest BCUT2D eigenvalue weighted by molar-refractivity contribution is 0.261. The molecule has 21 heavy (non-hydrogen) atoms. The number of hydrogen-bond donors (Lipinski definition) is 2. The maximum absolute atomic E-state index is 13.4. The summed E-state index contributed by atoms with van der Waals surface area (Å²) < 4.78 is 57.7. The fourth-order valence-electron chi connectivity index (χ4n) is 1.63. The number of hydrogen-bond acceptors (Lipinski definition) is 3. The zero-order valence-electron chi connectivity index (χ0n) is 10.5. The maximum atomic E-state index is 13.4. The third kappa shape index (κ3) is 2.93. The van der Waals surface area contributed by atoms with E-state index in [2.05, 4.69) is 4.98 Å². The van der Waals surface area contributed by atoms with Crippen LogP contribution in [0.3, 0.4) is 0 Å². The van der Waals surface area contributed by atoms with E-state index in [1.807, 2.05) is 0 Å². The van der Waals surface area contributed by atoms with Gasteiger partial charge in [-0.15, -0.1) is 0 Å². The Hall–Kier alpha value is -2.64. The van der Waals surface area contributed by atoms with E-state index in [0.29, 0.717) is 0 Å². The lowest BCUT2D eigenvalue weighted by Crippen LogP contribution is -2.17. The third-order valence-corrected chi connectivity index (χ3v) is 2.59. The van der Waals surface area contributed by atoms with Gasteiger partial charge in [0.25, 0.3) is 0 Å². The fourth-order valence-corrected chi connectivity index (χ4v) is 1.63. The molecule has 0 unspecified atom stereocenters. The van der Waals surface area contributed by atoms with Crippen LogP contribution < -0.4 is 10.5 Å². The van der Waals surface area contributed by atoms with Gasteiger partial charge in [-0.1, -0.05) is 6.07 Å². The maximum Gasteiger partial charge on any atom is 0.203 e. The zero-order valence-corrected chi connectivity index (χ0v) is 10.5. The largest absolute Gasteiger partial charge is 0.483 e. The second-order valence-corrected chi connectivity index (χ2v) is 4.01. The average Bonchev–Trinajstić information content (AvgIpc) is 2.45. The van der Waals surface area contributed by atoms with Crippen LogP contribution in [0.1, 0.15) is 11.3 Å². The van der Waals surface area contributed by atoms with Crippen molar-refractivity contribution in [1.29, 1.82) is 5.41 Å². The molecule has 0 aliphatic carbocycles. The van der Waals surface area contributed by atoms with Crippen LogP contribution in [-0.2, 0) is 6.61 Å². The first kappa shape index (κ1) is 14.8. The van der Waals surface area contributed by atoms with E-state index in [9.17, 15) is 17.6 Å². The third-order valence-electron chi connectivity index (χ3n) is 2.59. The smallest absolute Gasteiger partial charge is 0.203 e. The van der Waals surface area contributed by atoms with E-state index in [-0.39, 0.29) is 23.2 Å². The van der Waals surface area contributed by atoms with Gasteiger partial charge in [0, 0.05) is 17.8 Å². The van der Waals surface area contributed by atoms with Crippen molar-refractivity contribution in [3.8, 4) is 5.75 Å².